The van der Waals surface area contributed by atoms with Gasteiger partial charge in [0.1, 0.15) is 0 Å². The van der Waals surface area contributed by atoms with Crippen LogP contribution < -0.4 is 5.32 Å². The summed E-state index contributed by atoms with van der Waals surface area (Å²) in [7, 11) is 0. The largest absolute Gasteiger partial charge is 0.352 e. The highest BCUT2D eigenvalue weighted by molar-refractivity contribution is 7.10. The molecule has 1 N–H and O–H groups in total. The third kappa shape index (κ3) is 3.67. The molecule has 2 fully saturated rings. The van der Waals surface area contributed by atoms with Gasteiger partial charge in [-0.25, -0.2) is 0 Å². The molecule has 0 spiro atoms. The second-order valence-corrected chi connectivity index (χ2v) is 7.56. The first-order valence-corrected chi connectivity index (χ1v) is 9.19. The van der Waals surface area contributed by atoms with E-state index in [0.717, 1.165) is 13.0 Å². The number of likely N-dealkylation sites (tertiary alicyclic amines) is 1. The first-order valence-electron chi connectivity index (χ1n) is 8.31. The van der Waals surface area contributed by atoms with Crippen LogP contribution in [0.5, 0.6) is 0 Å². The van der Waals surface area contributed by atoms with Gasteiger partial charge in [-0.3, -0.25) is 9.69 Å². The lowest BCUT2D eigenvalue weighted by Crippen LogP contribution is -2.45. The highest BCUT2D eigenvalue weighted by atomic mass is 32.1. The van der Waals surface area contributed by atoms with Crippen LogP contribution in [-0.2, 0) is 4.79 Å². The first kappa shape index (κ1) is 15.0. The van der Waals surface area contributed by atoms with Crippen LogP contribution in [0.25, 0.3) is 0 Å². The monoisotopic (exact) mass is 306 g/mol. The van der Waals surface area contributed by atoms with Gasteiger partial charge in [0.25, 0.3) is 0 Å². The minimum absolute atomic E-state index is 0.220. The average Bonchev–Trinajstić information content (AvgIpc) is 3.11. The van der Waals surface area contributed by atoms with Crippen LogP contribution >= 0.6 is 11.3 Å². The van der Waals surface area contributed by atoms with Crippen LogP contribution in [-0.4, -0.2) is 29.9 Å². The molecule has 1 aromatic rings. The summed E-state index contributed by atoms with van der Waals surface area (Å²) in [6, 6.07) is 5.17. The van der Waals surface area contributed by atoms with Gasteiger partial charge in [-0.05, 0) is 49.6 Å². The Morgan fingerprint density at radius 1 is 1.33 bits per heavy atom. The van der Waals surface area contributed by atoms with E-state index in [4.69, 9.17) is 0 Å². The van der Waals surface area contributed by atoms with Gasteiger partial charge in [0, 0.05) is 17.0 Å². The molecule has 1 saturated carbocycles. The Kier molecular flexibility index (Phi) is 4.96. The maximum atomic E-state index is 12.4. The molecule has 1 amide bonds. The van der Waals surface area contributed by atoms with E-state index >= 15 is 0 Å². The molecule has 3 atom stereocenters. The Morgan fingerprint density at radius 2 is 2.19 bits per heavy atom. The molecule has 0 radical (unpaired) electrons. The van der Waals surface area contributed by atoms with Gasteiger partial charge in [0.15, 0.2) is 0 Å². The number of thiophene rings is 1. The van der Waals surface area contributed by atoms with Crippen molar-refractivity contribution in [1.82, 2.24) is 10.2 Å². The highest BCUT2D eigenvalue weighted by Gasteiger charge is 2.29. The molecule has 1 aromatic heterocycles. The van der Waals surface area contributed by atoms with Gasteiger partial charge in [0.05, 0.1) is 6.54 Å². The van der Waals surface area contributed by atoms with Crippen LogP contribution in [0, 0.1) is 5.92 Å². The van der Waals surface area contributed by atoms with Gasteiger partial charge in [-0.2, -0.15) is 0 Å². The third-order valence-corrected chi connectivity index (χ3v) is 6.01. The molecule has 116 valence electrons. The summed E-state index contributed by atoms with van der Waals surface area (Å²) >= 11 is 1.81. The lowest BCUT2D eigenvalue weighted by atomic mass is 9.86. The molecule has 0 bridgehead atoms. The quantitative estimate of drug-likeness (QED) is 0.922. The fourth-order valence-corrected chi connectivity index (χ4v) is 4.68. The van der Waals surface area contributed by atoms with Gasteiger partial charge in [0.2, 0.25) is 5.91 Å². The Hall–Kier alpha value is -0.870. The summed E-state index contributed by atoms with van der Waals surface area (Å²) in [5.74, 6) is 0.853. The van der Waals surface area contributed by atoms with Gasteiger partial charge < -0.3 is 5.32 Å². The summed E-state index contributed by atoms with van der Waals surface area (Å²) in [5.41, 5.74) is 0. The van der Waals surface area contributed by atoms with Crippen molar-refractivity contribution < 1.29 is 4.79 Å². The van der Waals surface area contributed by atoms with Gasteiger partial charge >= 0.3 is 0 Å². The zero-order chi connectivity index (χ0) is 14.7. The number of carbonyl (C=O) groups excluding carboxylic acids is 1. The number of nitrogens with one attached hydrogen (secondary N) is 1. The Labute approximate surface area is 131 Å². The topological polar surface area (TPSA) is 32.3 Å². The van der Waals surface area contributed by atoms with Crippen molar-refractivity contribution in [3.63, 3.8) is 0 Å². The predicted octanol–water partition coefficient (Wildman–Crippen LogP) is 3.58. The Morgan fingerprint density at radius 3 is 2.95 bits per heavy atom. The van der Waals surface area contributed by atoms with E-state index in [1.807, 2.05) is 11.3 Å². The fourth-order valence-electron chi connectivity index (χ4n) is 3.79. The highest BCUT2D eigenvalue weighted by Crippen LogP contribution is 2.34. The van der Waals surface area contributed by atoms with Crippen molar-refractivity contribution in [2.75, 3.05) is 13.1 Å². The van der Waals surface area contributed by atoms with Crippen LogP contribution in [0.3, 0.4) is 0 Å². The maximum absolute atomic E-state index is 12.4. The SMILES string of the molecule is C[C@@H]1CCCC[C@H]1NC(=O)CN1CCC[C@@H]1c1cccs1. The molecule has 1 saturated heterocycles. The van der Waals surface area contributed by atoms with Crippen molar-refractivity contribution in [2.45, 2.75) is 57.5 Å². The van der Waals surface area contributed by atoms with Crippen LogP contribution in [0.15, 0.2) is 17.5 Å². The molecule has 4 heteroatoms. The van der Waals surface area contributed by atoms with Gasteiger partial charge in [-0.1, -0.05) is 25.8 Å². The number of rotatable bonds is 4. The van der Waals surface area contributed by atoms with Gasteiger partial charge in [-0.15, -0.1) is 11.3 Å². The lowest BCUT2D eigenvalue weighted by molar-refractivity contribution is -0.123. The lowest BCUT2D eigenvalue weighted by Gasteiger charge is -2.31. The first-order chi connectivity index (χ1) is 10.2. The summed E-state index contributed by atoms with van der Waals surface area (Å²) in [6.45, 7) is 3.89. The van der Waals surface area contributed by atoms with E-state index in [1.54, 1.807) is 0 Å². The third-order valence-electron chi connectivity index (χ3n) is 5.04. The Bertz CT molecular complexity index is 459. The fraction of sp³-hybridized carbons (Fsp3) is 0.706. The maximum Gasteiger partial charge on any atom is 0.234 e. The van der Waals surface area contributed by atoms with E-state index < -0.39 is 0 Å². The summed E-state index contributed by atoms with van der Waals surface area (Å²) in [4.78, 5) is 16.1. The van der Waals surface area contributed by atoms with Crippen molar-refractivity contribution in [1.29, 1.82) is 0 Å². The molecule has 0 aromatic carbocycles. The molecular formula is C17H26N2OS. The van der Waals surface area contributed by atoms with E-state index in [9.17, 15) is 4.79 Å². The molecule has 2 heterocycles. The zero-order valence-electron chi connectivity index (χ0n) is 12.9. The second-order valence-electron chi connectivity index (χ2n) is 6.58. The van der Waals surface area contributed by atoms with E-state index in [0.29, 0.717) is 24.5 Å². The number of carbonyl (C=O) groups is 1. The zero-order valence-corrected chi connectivity index (χ0v) is 13.7. The van der Waals surface area contributed by atoms with Crippen molar-refractivity contribution in [3.8, 4) is 0 Å². The van der Waals surface area contributed by atoms with Crippen LogP contribution in [0.2, 0.25) is 0 Å². The van der Waals surface area contributed by atoms with Crippen LogP contribution in [0.4, 0.5) is 0 Å². The minimum atomic E-state index is 0.220. The molecule has 21 heavy (non-hydrogen) atoms. The normalized spacial score (nSPS) is 30.4. The minimum Gasteiger partial charge on any atom is -0.352 e. The molecule has 1 aliphatic carbocycles. The second kappa shape index (κ2) is 6.93. The number of hydrogen-bond acceptors (Lipinski definition) is 3. The van der Waals surface area contributed by atoms with Crippen molar-refractivity contribution in [3.05, 3.63) is 22.4 Å². The average molecular weight is 306 g/mol. The van der Waals surface area contributed by atoms with Crippen LogP contribution in [0.1, 0.15) is 56.4 Å². The van der Waals surface area contributed by atoms with E-state index in [-0.39, 0.29) is 5.91 Å². The number of hydrogen-bond donors (Lipinski definition) is 1. The molecular weight excluding hydrogens is 280 g/mol. The molecule has 0 unspecified atom stereocenters. The standard InChI is InChI=1S/C17H26N2OS/c1-13-6-2-3-7-14(13)18-17(20)12-19-10-4-8-15(19)16-9-5-11-21-16/h5,9,11,13-15H,2-4,6-8,10,12H2,1H3,(H,18,20)/t13-,14-,15-/m1/s1. The summed E-state index contributed by atoms with van der Waals surface area (Å²) in [6.07, 6.45) is 7.38. The number of amides is 1. The van der Waals surface area contributed by atoms with Crippen molar-refractivity contribution in [2.24, 2.45) is 5.92 Å². The molecule has 3 nitrogen and oxygen atoms in total. The summed E-state index contributed by atoms with van der Waals surface area (Å²) in [5, 5.41) is 5.42. The van der Waals surface area contributed by atoms with E-state index in [1.165, 1.54) is 37.0 Å². The molecule has 3 rings (SSSR count). The molecule has 2 aliphatic rings. The predicted molar refractivity (Wildman–Crippen MR) is 87.4 cm³/mol. The molecule has 1 aliphatic heterocycles. The smallest absolute Gasteiger partial charge is 0.234 e. The number of nitrogens with zero attached hydrogens (tertiary/aromatic N) is 1. The van der Waals surface area contributed by atoms with Crippen molar-refractivity contribution >= 4 is 17.2 Å². The summed E-state index contributed by atoms with van der Waals surface area (Å²) < 4.78 is 0. The Balaban J connectivity index is 1.54. The van der Waals surface area contributed by atoms with E-state index in [2.05, 4.69) is 34.7 Å².